The quantitative estimate of drug-likeness (QED) is 0.717. The zero-order chi connectivity index (χ0) is 17.6. The highest BCUT2D eigenvalue weighted by atomic mass is 32.1. The summed E-state index contributed by atoms with van der Waals surface area (Å²) >= 11 is 1.59. The Hall–Kier alpha value is -2.86. The van der Waals surface area contributed by atoms with Crippen LogP contribution in [-0.2, 0) is 6.61 Å². The number of nitrogens with zero attached hydrogens (tertiary/aromatic N) is 1. The van der Waals surface area contributed by atoms with Gasteiger partial charge >= 0.3 is 0 Å². The molecule has 0 radical (unpaired) electrons. The van der Waals surface area contributed by atoms with Gasteiger partial charge in [-0.1, -0.05) is 6.07 Å². The largest absolute Gasteiger partial charge is 0.497 e. The van der Waals surface area contributed by atoms with Gasteiger partial charge in [-0.15, -0.1) is 11.3 Å². The molecular weight excluding hydrogens is 336 g/mol. The minimum absolute atomic E-state index is 0.194. The number of aryl methyl sites for hydroxylation is 1. The van der Waals surface area contributed by atoms with Crippen molar-refractivity contribution < 1.29 is 14.3 Å². The second-order valence-corrected chi connectivity index (χ2v) is 6.42. The summed E-state index contributed by atoms with van der Waals surface area (Å²) in [6.07, 6.45) is 0. The lowest BCUT2D eigenvalue weighted by atomic mass is 10.2. The van der Waals surface area contributed by atoms with Gasteiger partial charge in [0.05, 0.1) is 17.8 Å². The molecule has 128 valence electrons. The number of aromatic nitrogens is 1. The maximum Gasteiger partial charge on any atom is 0.255 e. The fourth-order valence-corrected chi connectivity index (χ4v) is 2.83. The number of methoxy groups -OCH3 is 1. The van der Waals surface area contributed by atoms with Crippen molar-refractivity contribution in [2.45, 2.75) is 13.5 Å². The number of amides is 1. The smallest absolute Gasteiger partial charge is 0.255 e. The second kappa shape index (κ2) is 7.81. The van der Waals surface area contributed by atoms with E-state index in [0.29, 0.717) is 23.6 Å². The Morgan fingerprint density at radius 2 is 1.96 bits per heavy atom. The SMILES string of the molecule is COc1ccc(NC(=O)c2cccc(OCc3csc(C)n3)c2)cc1. The lowest BCUT2D eigenvalue weighted by Gasteiger charge is -2.08. The first-order valence-corrected chi connectivity index (χ1v) is 8.61. The normalized spacial score (nSPS) is 10.3. The van der Waals surface area contributed by atoms with Crippen LogP contribution in [0.3, 0.4) is 0 Å². The van der Waals surface area contributed by atoms with Crippen molar-refractivity contribution in [3.05, 3.63) is 70.2 Å². The van der Waals surface area contributed by atoms with Gasteiger partial charge in [-0.3, -0.25) is 4.79 Å². The van der Waals surface area contributed by atoms with E-state index in [9.17, 15) is 4.79 Å². The fourth-order valence-electron chi connectivity index (χ4n) is 2.24. The molecule has 2 aromatic carbocycles. The molecule has 1 N–H and O–H groups in total. The third kappa shape index (κ3) is 4.58. The van der Waals surface area contributed by atoms with Crippen LogP contribution in [-0.4, -0.2) is 18.0 Å². The van der Waals surface area contributed by atoms with E-state index in [0.717, 1.165) is 16.5 Å². The molecule has 0 spiro atoms. The van der Waals surface area contributed by atoms with Crippen molar-refractivity contribution in [3.63, 3.8) is 0 Å². The number of hydrogen-bond donors (Lipinski definition) is 1. The molecule has 1 amide bonds. The third-order valence-electron chi connectivity index (χ3n) is 3.50. The Morgan fingerprint density at radius 1 is 1.16 bits per heavy atom. The first-order valence-electron chi connectivity index (χ1n) is 7.73. The monoisotopic (exact) mass is 354 g/mol. The molecule has 3 rings (SSSR count). The summed E-state index contributed by atoms with van der Waals surface area (Å²) in [6, 6.07) is 14.3. The third-order valence-corrected chi connectivity index (χ3v) is 4.32. The van der Waals surface area contributed by atoms with Crippen LogP contribution in [0.1, 0.15) is 21.1 Å². The summed E-state index contributed by atoms with van der Waals surface area (Å²) in [5, 5.41) is 5.83. The van der Waals surface area contributed by atoms with Crippen LogP contribution < -0.4 is 14.8 Å². The van der Waals surface area contributed by atoms with E-state index in [1.165, 1.54) is 0 Å². The van der Waals surface area contributed by atoms with E-state index in [4.69, 9.17) is 9.47 Å². The molecule has 5 nitrogen and oxygen atoms in total. The van der Waals surface area contributed by atoms with Gasteiger partial charge in [-0.25, -0.2) is 4.98 Å². The first-order chi connectivity index (χ1) is 12.1. The minimum atomic E-state index is -0.194. The number of carbonyl (C=O) groups excluding carboxylic acids is 1. The summed E-state index contributed by atoms with van der Waals surface area (Å²) in [6.45, 7) is 2.34. The molecule has 25 heavy (non-hydrogen) atoms. The predicted octanol–water partition coefficient (Wildman–Crippen LogP) is 4.29. The molecule has 1 aromatic heterocycles. The maximum absolute atomic E-state index is 12.4. The van der Waals surface area contributed by atoms with Crippen LogP contribution in [0.5, 0.6) is 11.5 Å². The average molecular weight is 354 g/mol. The van der Waals surface area contributed by atoms with Crippen LogP contribution in [0.4, 0.5) is 5.69 Å². The Bertz CT molecular complexity index is 859. The van der Waals surface area contributed by atoms with Crippen molar-refractivity contribution in [1.82, 2.24) is 4.98 Å². The van der Waals surface area contributed by atoms with Crippen molar-refractivity contribution >= 4 is 22.9 Å². The number of nitrogens with one attached hydrogen (secondary N) is 1. The molecule has 0 aliphatic rings. The number of hydrogen-bond acceptors (Lipinski definition) is 5. The van der Waals surface area contributed by atoms with Crippen LogP contribution in [0.2, 0.25) is 0 Å². The molecule has 1 heterocycles. The molecule has 0 atom stereocenters. The van der Waals surface area contributed by atoms with Crippen molar-refractivity contribution in [2.24, 2.45) is 0 Å². The van der Waals surface area contributed by atoms with Crippen molar-refractivity contribution in [3.8, 4) is 11.5 Å². The molecule has 0 fully saturated rings. The molecule has 0 aliphatic carbocycles. The highest BCUT2D eigenvalue weighted by Crippen LogP contribution is 2.19. The molecule has 0 saturated heterocycles. The molecule has 6 heteroatoms. The molecule has 3 aromatic rings. The van der Waals surface area contributed by atoms with Crippen molar-refractivity contribution in [1.29, 1.82) is 0 Å². The molecular formula is C19H18N2O3S. The van der Waals surface area contributed by atoms with Crippen molar-refractivity contribution in [2.75, 3.05) is 12.4 Å². The Labute approximate surface area is 150 Å². The van der Waals surface area contributed by atoms with E-state index in [1.807, 2.05) is 18.4 Å². The Balaban J connectivity index is 1.64. The van der Waals surface area contributed by atoms with E-state index in [1.54, 1.807) is 60.9 Å². The minimum Gasteiger partial charge on any atom is -0.497 e. The zero-order valence-corrected chi connectivity index (χ0v) is 14.8. The topological polar surface area (TPSA) is 60.5 Å². The number of benzene rings is 2. The summed E-state index contributed by atoms with van der Waals surface area (Å²) in [7, 11) is 1.60. The second-order valence-electron chi connectivity index (χ2n) is 5.36. The van der Waals surface area contributed by atoms with E-state index >= 15 is 0 Å². The van der Waals surface area contributed by atoms with Crippen LogP contribution in [0.15, 0.2) is 53.9 Å². The lowest BCUT2D eigenvalue weighted by molar-refractivity contribution is 0.102. The van der Waals surface area contributed by atoms with E-state index in [-0.39, 0.29) is 5.91 Å². The average Bonchev–Trinajstić information content (AvgIpc) is 3.06. The first kappa shape index (κ1) is 17.0. The number of rotatable bonds is 6. The number of thiazole rings is 1. The van der Waals surface area contributed by atoms with E-state index < -0.39 is 0 Å². The lowest BCUT2D eigenvalue weighted by Crippen LogP contribution is -2.11. The van der Waals surface area contributed by atoms with Crippen LogP contribution in [0, 0.1) is 6.92 Å². The highest BCUT2D eigenvalue weighted by Gasteiger charge is 2.08. The molecule has 0 aliphatic heterocycles. The molecule has 0 saturated carbocycles. The van der Waals surface area contributed by atoms with Gasteiger partial charge in [-0.2, -0.15) is 0 Å². The maximum atomic E-state index is 12.4. The summed E-state index contributed by atoms with van der Waals surface area (Å²) in [5.74, 6) is 1.18. The summed E-state index contributed by atoms with van der Waals surface area (Å²) < 4.78 is 10.8. The van der Waals surface area contributed by atoms with Gasteiger partial charge in [0.1, 0.15) is 18.1 Å². The fraction of sp³-hybridized carbons (Fsp3) is 0.158. The van der Waals surface area contributed by atoms with Crippen LogP contribution in [0.25, 0.3) is 0 Å². The van der Waals surface area contributed by atoms with Crippen LogP contribution >= 0.6 is 11.3 Å². The van der Waals surface area contributed by atoms with Gasteiger partial charge < -0.3 is 14.8 Å². The van der Waals surface area contributed by atoms with E-state index in [2.05, 4.69) is 10.3 Å². The predicted molar refractivity (Wildman–Crippen MR) is 98.6 cm³/mol. The Kier molecular flexibility index (Phi) is 5.30. The standard InChI is InChI=1S/C19H18N2O3S/c1-13-20-16(12-25-13)11-24-18-5-3-4-14(10-18)19(22)21-15-6-8-17(23-2)9-7-15/h3-10,12H,11H2,1-2H3,(H,21,22). The highest BCUT2D eigenvalue weighted by molar-refractivity contribution is 7.09. The number of ether oxygens (including phenoxy) is 2. The van der Waals surface area contributed by atoms with Gasteiger partial charge in [0.25, 0.3) is 5.91 Å². The molecule has 0 unspecified atom stereocenters. The zero-order valence-electron chi connectivity index (χ0n) is 14.0. The van der Waals surface area contributed by atoms with Gasteiger partial charge in [0.15, 0.2) is 0 Å². The Morgan fingerprint density at radius 3 is 2.64 bits per heavy atom. The number of carbonyl (C=O) groups is 1. The summed E-state index contributed by atoms with van der Waals surface area (Å²) in [5.41, 5.74) is 2.12. The molecule has 0 bridgehead atoms. The summed E-state index contributed by atoms with van der Waals surface area (Å²) in [4.78, 5) is 16.7. The van der Waals surface area contributed by atoms with Gasteiger partial charge in [0.2, 0.25) is 0 Å². The van der Waals surface area contributed by atoms with Gasteiger partial charge in [0, 0.05) is 16.6 Å². The van der Waals surface area contributed by atoms with Gasteiger partial charge in [-0.05, 0) is 49.4 Å². The number of anilines is 1.